The number of thioether (sulfide) groups is 3. The molecule has 9 aliphatic heterocycles. The number of carbonyl (C=O) groups excluding carboxylic acids is 9. The number of fused-ring (bicyclic) bond motifs is 3. The smallest absolute Gasteiger partial charge is 0.322 e. The minimum Gasteiger partial charge on any atom is -0.342 e. The molecule has 113 heavy (non-hydrogen) atoms. The van der Waals surface area contributed by atoms with Crippen molar-refractivity contribution in [3.8, 4) is 0 Å². The van der Waals surface area contributed by atoms with E-state index < -0.39 is 5.25 Å². The van der Waals surface area contributed by atoms with Crippen LogP contribution >= 0.6 is 35.3 Å². The molecule has 7 fully saturated rings. The molecule has 1 aromatic heterocycles. The van der Waals surface area contributed by atoms with Crippen LogP contribution in [0.15, 0.2) is 152 Å². The maximum atomic E-state index is 13.9. The minimum absolute atomic E-state index is 0. The molecule has 26 heteroatoms. The van der Waals surface area contributed by atoms with Crippen LogP contribution in [0.4, 0.5) is 31.4 Å². The number of anilines is 3. The van der Waals surface area contributed by atoms with E-state index in [1.54, 1.807) is 41.5 Å². The van der Waals surface area contributed by atoms with E-state index >= 15 is 0 Å². The van der Waals surface area contributed by atoms with Gasteiger partial charge in [-0.3, -0.25) is 33.8 Å². The summed E-state index contributed by atoms with van der Waals surface area (Å²) >= 11 is 4.75. The quantitative estimate of drug-likeness (QED) is 0.0588. The molecule has 0 spiro atoms. The number of hydrogen-bond acceptors (Lipinski definition) is 14. The van der Waals surface area contributed by atoms with Crippen molar-refractivity contribution in [3.05, 3.63) is 191 Å². The van der Waals surface area contributed by atoms with Gasteiger partial charge in [0.1, 0.15) is 16.1 Å². The maximum Gasteiger partial charge on any atom is 0.322 e. The second-order valence-electron chi connectivity index (χ2n) is 31.7. The van der Waals surface area contributed by atoms with E-state index in [0.717, 1.165) is 114 Å². The molecule has 12 amide bonds. The van der Waals surface area contributed by atoms with Crippen LogP contribution in [0, 0.1) is 11.8 Å². The van der Waals surface area contributed by atoms with Gasteiger partial charge in [-0.2, -0.15) is 0 Å². The van der Waals surface area contributed by atoms with Gasteiger partial charge in [0.25, 0.3) is 0 Å². The summed E-state index contributed by atoms with van der Waals surface area (Å²) in [5, 5.41) is 7.62. The highest BCUT2D eigenvalue weighted by atomic mass is 32.2. The SMILES string of the molecule is CC(C)CCN1C(=O)[C@H](CC(=O)N2CCC(N3Cc4ccccc4NC3=O)CC2)S[C@H]1c1ccccn1.CCN1C(=O)C(CC(=O)N2CCC(N3Cc4ccccc4NC3=O)CC2)SC1c1ccccc1.NCc1ccccc1C1SC(CC(=O)N2CCC(N3CCc4ccccc4NC3=O)CC2)C(=O)N1CC1CCCCC1.[HH]. The number of carbonyl (C=O) groups is 9. The third kappa shape index (κ3) is 19.0. The number of hydrogen-bond donors (Lipinski definition) is 4. The van der Waals surface area contributed by atoms with Gasteiger partial charge in [-0.15, -0.1) is 35.3 Å². The standard InChI is InChI=1S/C33H43N5O3S.C28H35N5O3S.C26H30N4O3S.H2/c34-21-25-11-4-6-12-27(25)32-38(22-23-8-2-1-3-9-23)31(40)29(42-32)20-30(39)36-17-15-26(16-18-36)37-19-14-24-10-5-7-13-28(24)35-33(37)41;1-19(2)10-16-32-26(35)24(37-27(32)23-9-5-6-13-29-23)17-25(34)31-14-11-21(12-15-31)33-18-20-7-3-4-8-22(20)30-28(33)36;1-2-29-24(32)22(34-25(29)18-8-4-3-5-9-18)16-23(31)28-14-12-20(13-15-28)30-17-19-10-6-7-11-21(19)27-26(30)33;/h4-7,10-13,23,26,29,32H,1-3,8-9,14-22,34H2,(H,35,41);3-9,13,19,21,24,27H,10-12,14-18H2,1-2H3,(H,30,36);3-11,20,22,25H,2,12-17H2,1H3,(H,27,33);1H/t;24-,27-;;/m.0../s1. The highest BCUT2D eigenvalue weighted by Crippen LogP contribution is 2.49. The number of amides is 12. The summed E-state index contributed by atoms with van der Waals surface area (Å²) < 4.78 is 0. The van der Waals surface area contributed by atoms with Crippen molar-refractivity contribution in [1.82, 2.24) is 49.1 Å². The Kier molecular flexibility index (Phi) is 26.7. The average Bonchev–Trinajstić information content (AvgIpc) is 1.61. The van der Waals surface area contributed by atoms with E-state index in [9.17, 15) is 43.2 Å². The number of benzene rings is 5. The number of para-hydroxylation sites is 3. The monoisotopic (exact) mass is 1590 g/mol. The van der Waals surface area contributed by atoms with Crippen LogP contribution in [0.2, 0.25) is 0 Å². The lowest BCUT2D eigenvalue weighted by atomic mass is 9.88. The van der Waals surface area contributed by atoms with Gasteiger partial charge in [0.15, 0.2) is 0 Å². The lowest BCUT2D eigenvalue weighted by molar-refractivity contribution is -0.137. The second kappa shape index (κ2) is 37.4. The topological polar surface area (TPSA) is 258 Å². The summed E-state index contributed by atoms with van der Waals surface area (Å²) in [4.78, 5) is 140. The summed E-state index contributed by atoms with van der Waals surface area (Å²) in [5.74, 6) is 1.27. The molecule has 1 saturated carbocycles. The number of aromatic nitrogens is 1. The normalized spacial score (nSPS) is 23.2. The number of nitrogens with zero attached hydrogens (tertiary/aromatic N) is 10. The van der Waals surface area contributed by atoms with E-state index in [1.807, 2.05) is 180 Å². The molecule has 5 N–H and O–H groups in total. The van der Waals surface area contributed by atoms with Gasteiger partial charge in [-0.05, 0) is 147 Å². The number of nitrogens with two attached hydrogens (primary N) is 1. The molecule has 600 valence electrons. The van der Waals surface area contributed by atoms with Gasteiger partial charge in [0.2, 0.25) is 35.4 Å². The summed E-state index contributed by atoms with van der Waals surface area (Å²) in [5.41, 5.74) is 16.3. The molecule has 16 rings (SSSR count). The van der Waals surface area contributed by atoms with E-state index in [2.05, 4.69) is 51.8 Å². The Balaban J connectivity index is 0.000000149. The van der Waals surface area contributed by atoms with Gasteiger partial charge in [-0.25, -0.2) is 14.4 Å². The summed E-state index contributed by atoms with van der Waals surface area (Å²) in [6.45, 7) is 14.3. The molecule has 6 saturated heterocycles. The molecule has 5 aromatic carbocycles. The van der Waals surface area contributed by atoms with E-state index in [0.29, 0.717) is 90.4 Å². The number of nitrogens with one attached hydrogen (secondary N) is 3. The Hall–Kier alpha value is -9.11. The maximum absolute atomic E-state index is 13.9. The Labute approximate surface area is 678 Å². The van der Waals surface area contributed by atoms with Crippen LogP contribution in [0.1, 0.15) is 174 Å². The van der Waals surface area contributed by atoms with Crippen molar-refractivity contribution in [2.45, 2.75) is 193 Å². The summed E-state index contributed by atoms with van der Waals surface area (Å²) in [6, 6.07) is 47.8. The van der Waals surface area contributed by atoms with Crippen LogP contribution in [-0.2, 0) is 54.8 Å². The number of urea groups is 3. The van der Waals surface area contributed by atoms with Crippen LogP contribution < -0.4 is 21.7 Å². The number of rotatable bonds is 19. The predicted molar refractivity (Wildman–Crippen MR) is 447 cm³/mol. The number of pyridine rings is 1. The van der Waals surface area contributed by atoms with E-state index in [1.165, 1.54) is 32.1 Å². The fraction of sp³-hybridized carbons (Fsp3) is 0.494. The van der Waals surface area contributed by atoms with Gasteiger partial charge in [0, 0.05) is 147 Å². The summed E-state index contributed by atoms with van der Waals surface area (Å²) in [6.07, 6.45) is 14.7. The Morgan fingerprint density at radius 3 is 1.43 bits per heavy atom. The second-order valence-corrected chi connectivity index (χ2v) is 35.6. The highest BCUT2D eigenvalue weighted by molar-refractivity contribution is 8.01. The zero-order valence-electron chi connectivity index (χ0n) is 65.2. The first-order valence-electron chi connectivity index (χ1n) is 40.9. The first kappa shape index (κ1) is 80.5. The van der Waals surface area contributed by atoms with Crippen molar-refractivity contribution in [2.75, 3.05) is 81.4 Å². The average molecular weight is 1590 g/mol. The molecule has 10 heterocycles. The molecule has 0 radical (unpaired) electrons. The zero-order valence-corrected chi connectivity index (χ0v) is 67.7. The van der Waals surface area contributed by atoms with Gasteiger partial charge >= 0.3 is 18.1 Å². The van der Waals surface area contributed by atoms with Crippen LogP contribution in [0.25, 0.3) is 0 Å². The summed E-state index contributed by atoms with van der Waals surface area (Å²) in [7, 11) is 0. The lowest BCUT2D eigenvalue weighted by Crippen LogP contribution is -2.51. The van der Waals surface area contributed by atoms with Gasteiger partial charge in [0.05, 0.1) is 21.4 Å². The van der Waals surface area contributed by atoms with Crippen LogP contribution in [0.5, 0.6) is 0 Å². The van der Waals surface area contributed by atoms with Crippen molar-refractivity contribution >= 4 is 106 Å². The molecule has 1 aliphatic carbocycles. The Morgan fingerprint density at radius 2 is 0.920 bits per heavy atom. The highest BCUT2D eigenvalue weighted by Gasteiger charge is 2.47. The fourth-order valence-corrected chi connectivity index (χ4v) is 22.2. The molecular formula is C87H110N14O9S3. The third-order valence-corrected chi connectivity index (χ3v) is 28.6. The van der Waals surface area contributed by atoms with Gasteiger partial charge in [-0.1, -0.05) is 148 Å². The first-order chi connectivity index (χ1) is 55.0. The van der Waals surface area contributed by atoms with Gasteiger partial charge < -0.3 is 65.8 Å². The fourth-order valence-electron chi connectivity index (χ4n) is 17.7. The number of likely N-dealkylation sites (tertiary alicyclic amines) is 3. The van der Waals surface area contributed by atoms with Crippen molar-refractivity contribution in [2.24, 2.45) is 17.6 Å². The van der Waals surface area contributed by atoms with Crippen molar-refractivity contribution < 1.29 is 44.6 Å². The molecule has 6 atom stereocenters. The first-order valence-corrected chi connectivity index (χ1v) is 43.7. The number of piperidine rings is 3. The predicted octanol–water partition coefficient (Wildman–Crippen LogP) is 14.0. The molecule has 4 unspecified atom stereocenters. The van der Waals surface area contributed by atoms with Crippen LogP contribution in [0.3, 0.4) is 0 Å². The van der Waals surface area contributed by atoms with Crippen LogP contribution in [-0.4, -0.2) is 202 Å². The zero-order chi connectivity index (χ0) is 78.7. The largest absolute Gasteiger partial charge is 0.342 e. The molecule has 23 nitrogen and oxygen atoms in total. The third-order valence-electron chi connectivity index (χ3n) is 24.2. The minimum atomic E-state index is -0.395. The lowest BCUT2D eigenvalue weighted by Gasteiger charge is -2.40. The Morgan fingerprint density at radius 1 is 0.478 bits per heavy atom. The molecule has 0 bridgehead atoms. The van der Waals surface area contributed by atoms with E-state index in [-0.39, 0.29) is 119 Å². The molecule has 10 aliphatic rings. The molecule has 6 aromatic rings. The van der Waals surface area contributed by atoms with E-state index in [4.69, 9.17) is 5.73 Å². The van der Waals surface area contributed by atoms with Crippen molar-refractivity contribution in [3.63, 3.8) is 0 Å². The Bertz CT molecular complexity index is 4370. The molecular weight excluding hydrogens is 1480 g/mol. The van der Waals surface area contributed by atoms with Crippen molar-refractivity contribution in [1.29, 1.82) is 0 Å².